The van der Waals surface area contributed by atoms with E-state index in [0.29, 0.717) is 0 Å². The van der Waals surface area contributed by atoms with Crippen LogP contribution in [0.1, 0.15) is 37.5 Å². The fraction of sp³-hybridized carbons (Fsp3) is 0.625. The lowest BCUT2D eigenvalue weighted by Gasteiger charge is -2.07. The van der Waals surface area contributed by atoms with Gasteiger partial charge in [0.2, 0.25) is 0 Å². The highest BCUT2D eigenvalue weighted by Gasteiger charge is 2.06. The van der Waals surface area contributed by atoms with Gasteiger partial charge >= 0.3 is 0 Å². The van der Waals surface area contributed by atoms with Gasteiger partial charge in [0.25, 0.3) is 0 Å². The lowest BCUT2D eigenvalue weighted by atomic mass is 10.0. The second kappa shape index (κ2) is 3.71. The molecule has 0 radical (unpaired) electrons. The van der Waals surface area contributed by atoms with Crippen LogP contribution in [-0.4, -0.2) is 4.98 Å². The highest BCUT2D eigenvalue weighted by Crippen LogP contribution is 2.25. The van der Waals surface area contributed by atoms with Crippen LogP contribution in [0, 0.1) is 0 Å². The van der Waals surface area contributed by atoms with Crippen molar-refractivity contribution in [2.45, 2.75) is 32.6 Å². The maximum absolute atomic E-state index is 4.06. The SMILES string of the molecule is CCC(CC)c1cncs1. The van der Waals surface area contributed by atoms with Crippen LogP contribution < -0.4 is 0 Å². The zero-order chi connectivity index (χ0) is 7.40. The molecule has 1 nitrogen and oxygen atoms in total. The van der Waals surface area contributed by atoms with E-state index in [1.807, 2.05) is 11.7 Å². The summed E-state index contributed by atoms with van der Waals surface area (Å²) in [6, 6.07) is 0. The summed E-state index contributed by atoms with van der Waals surface area (Å²) >= 11 is 1.77. The molecule has 10 heavy (non-hydrogen) atoms. The van der Waals surface area contributed by atoms with Crippen LogP contribution in [0.25, 0.3) is 0 Å². The molecule has 0 aliphatic rings. The minimum Gasteiger partial charge on any atom is -0.253 e. The summed E-state index contributed by atoms with van der Waals surface area (Å²) in [5.74, 6) is 0.743. The van der Waals surface area contributed by atoms with E-state index in [0.717, 1.165) is 5.92 Å². The topological polar surface area (TPSA) is 12.9 Å². The lowest BCUT2D eigenvalue weighted by molar-refractivity contribution is 0.652. The molecular formula is C8H13NS. The number of aromatic nitrogens is 1. The van der Waals surface area contributed by atoms with Gasteiger partial charge in [0.1, 0.15) is 0 Å². The molecule has 0 amide bonds. The third-order valence-electron chi connectivity index (χ3n) is 1.84. The van der Waals surface area contributed by atoms with E-state index in [1.54, 1.807) is 11.3 Å². The zero-order valence-electron chi connectivity index (χ0n) is 6.50. The highest BCUT2D eigenvalue weighted by atomic mass is 32.1. The molecule has 0 aliphatic carbocycles. The van der Waals surface area contributed by atoms with Crippen molar-refractivity contribution < 1.29 is 0 Å². The molecule has 0 saturated heterocycles. The summed E-state index contributed by atoms with van der Waals surface area (Å²) < 4.78 is 0. The van der Waals surface area contributed by atoms with Gasteiger partial charge in [-0.2, -0.15) is 0 Å². The Hall–Kier alpha value is -0.370. The summed E-state index contributed by atoms with van der Waals surface area (Å²) in [6.45, 7) is 4.46. The first-order valence-corrected chi connectivity index (χ1v) is 4.64. The molecule has 0 bridgehead atoms. The zero-order valence-corrected chi connectivity index (χ0v) is 7.32. The average molecular weight is 155 g/mol. The van der Waals surface area contributed by atoms with Gasteiger partial charge in [-0.15, -0.1) is 11.3 Å². The summed E-state index contributed by atoms with van der Waals surface area (Å²) in [7, 11) is 0. The number of nitrogens with zero attached hydrogens (tertiary/aromatic N) is 1. The fourth-order valence-corrected chi connectivity index (χ4v) is 2.01. The molecule has 2 heteroatoms. The molecule has 1 rings (SSSR count). The van der Waals surface area contributed by atoms with E-state index in [9.17, 15) is 0 Å². The van der Waals surface area contributed by atoms with E-state index >= 15 is 0 Å². The molecule has 0 aliphatic heterocycles. The Kier molecular flexibility index (Phi) is 2.87. The summed E-state index contributed by atoms with van der Waals surface area (Å²) in [6.07, 6.45) is 4.46. The number of hydrogen-bond acceptors (Lipinski definition) is 2. The van der Waals surface area contributed by atoms with Crippen molar-refractivity contribution in [3.05, 3.63) is 16.6 Å². The largest absolute Gasteiger partial charge is 0.253 e. The van der Waals surface area contributed by atoms with Gasteiger partial charge in [0.15, 0.2) is 0 Å². The molecule has 0 atom stereocenters. The molecule has 56 valence electrons. The fourth-order valence-electron chi connectivity index (χ4n) is 1.12. The van der Waals surface area contributed by atoms with Gasteiger partial charge in [0.05, 0.1) is 5.51 Å². The van der Waals surface area contributed by atoms with Gasteiger partial charge in [-0.1, -0.05) is 13.8 Å². The quantitative estimate of drug-likeness (QED) is 0.653. The first kappa shape index (κ1) is 7.73. The van der Waals surface area contributed by atoms with Crippen molar-refractivity contribution >= 4 is 11.3 Å². The van der Waals surface area contributed by atoms with Gasteiger partial charge in [0, 0.05) is 11.1 Å². The molecule has 0 saturated carbocycles. The smallest absolute Gasteiger partial charge is 0.0794 e. The third-order valence-corrected chi connectivity index (χ3v) is 2.78. The first-order chi connectivity index (χ1) is 4.88. The minimum atomic E-state index is 0.743. The van der Waals surface area contributed by atoms with Crippen LogP contribution in [0.4, 0.5) is 0 Å². The number of rotatable bonds is 3. The summed E-state index contributed by atoms with van der Waals surface area (Å²) in [4.78, 5) is 5.49. The predicted octanol–water partition coefficient (Wildman–Crippen LogP) is 3.05. The predicted molar refractivity (Wildman–Crippen MR) is 45.4 cm³/mol. The maximum Gasteiger partial charge on any atom is 0.0794 e. The Balaban J connectivity index is 2.64. The monoisotopic (exact) mass is 155 g/mol. The van der Waals surface area contributed by atoms with Gasteiger partial charge in [-0.05, 0) is 18.8 Å². The van der Waals surface area contributed by atoms with E-state index in [1.165, 1.54) is 17.7 Å². The van der Waals surface area contributed by atoms with E-state index in [2.05, 4.69) is 18.8 Å². The summed E-state index contributed by atoms with van der Waals surface area (Å²) in [5, 5.41) is 0. The number of hydrogen-bond donors (Lipinski definition) is 0. The van der Waals surface area contributed by atoms with E-state index < -0.39 is 0 Å². The van der Waals surface area contributed by atoms with E-state index in [4.69, 9.17) is 0 Å². The molecule has 0 N–H and O–H groups in total. The molecule has 1 heterocycles. The molecule has 1 aromatic rings. The minimum absolute atomic E-state index is 0.743. The highest BCUT2D eigenvalue weighted by molar-refractivity contribution is 7.09. The first-order valence-electron chi connectivity index (χ1n) is 3.76. The Bertz CT molecular complexity index is 165. The van der Waals surface area contributed by atoms with Crippen molar-refractivity contribution in [2.75, 3.05) is 0 Å². The Labute approximate surface area is 66.1 Å². The van der Waals surface area contributed by atoms with Crippen molar-refractivity contribution in [1.82, 2.24) is 4.98 Å². The van der Waals surface area contributed by atoms with Gasteiger partial charge in [-0.25, -0.2) is 0 Å². The van der Waals surface area contributed by atoms with Crippen molar-refractivity contribution in [3.8, 4) is 0 Å². The van der Waals surface area contributed by atoms with Crippen molar-refractivity contribution in [2.24, 2.45) is 0 Å². The van der Waals surface area contributed by atoms with Crippen molar-refractivity contribution in [3.63, 3.8) is 0 Å². The average Bonchev–Trinajstić information content (AvgIpc) is 2.43. The van der Waals surface area contributed by atoms with Crippen LogP contribution in [0.3, 0.4) is 0 Å². The molecule has 0 unspecified atom stereocenters. The van der Waals surface area contributed by atoms with Crippen LogP contribution >= 0.6 is 11.3 Å². The van der Waals surface area contributed by atoms with Gasteiger partial charge in [-0.3, -0.25) is 4.98 Å². The molecule has 0 fully saturated rings. The Morgan fingerprint density at radius 2 is 2.20 bits per heavy atom. The second-order valence-corrected chi connectivity index (χ2v) is 3.34. The molecular weight excluding hydrogens is 142 g/mol. The van der Waals surface area contributed by atoms with Crippen LogP contribution in [-0.2, 0) is 0 Å². The normalized spacial score (nSPS) is 10.7. The second-order valence-electron chi connectivity index (χ2n) is 2.42. The van der Waals surface area contributed by atoms with Crippen LogP contribution in [0.5, 0.6) is 0 Å². The maximum atomic E-state index is 4.06. The van der Waals surface area contributed by atoms with Crippen LogP contribution in [0.15, 0.2) is 11.7 Å². The standard InChI is InChI=1S/C8H13NS/c1-3-7(4-2)8-5-9-6-10-8/h5-7H,3-4H2,1-2H3. The molecule has 0 aromatic carbocycles. The summed E-state index contributed by atoms with van der Waals surface area (Å²) in [5.41, 5.74) is 1.91. The number of thiazole rings is 1. The van der Waals surface area contributed by atoms with Crippen LogP contribution in [0.2, 0.25) is 0 Å². The molecule has 0 spiro atoms. The molecule has 1 aromatic heterocycles. The third kappa shape index (κ3) is 1.57. The lowest BCUT2D eigenvalue weighted by Crippen LogP contribution is -1.90. The Morgan fingerprint density at radius 3 is 2.60 bits per heavy atom. The van der Waals surface area contributed by atoms with E-state index in [-0.39, 0.29) is 0 Å². The Morgan fingerprint density at radius 1 is 1.50 bits per heavy atom. The van der Waals surface area contributed by atoms with Gasteiger partial charge < -0.3 is 0 Å². The van der Waals surface area contributed by atoms with Crippen molar-refractivity contribution in [1.29, 1.82) is 0 Å².